The number of nitrogens with zero attached hydrogens (tertiary/aromatic N) is 1. The van der Waals surface area contributed by atoms with Gasteiger partial charge in [0.2, 0.25) is 0 Å². The predicted molar refractivity (Wildman–Crippen MR) is 84.4 cm³/mol. The van der Waals surface area contributed by atoms with E-state index in [1.807, 2.05) is 6.07 Å². The summed E-state index contributed by atoms with van der Waals surface area (Å²) in [5.41, 5.74) is 0.882. The van der Waals surface area contributed by atoms with Crippen LogP contribution in [0.1, 0.15) is 18.4 Å². The summed E-state index contributed by atoms with van der Waals surface area (Å²) in [6.45, 7) is 3.54. The Morgan fingerprint density at radius 2 is 2.36 bits per heavy atom. The number of hydrogen-bond donors (Lipinski definition) is 2. The number of rotatable bonds is 7. The van der Waals surface area contributed by atoms with Crippen LogP contribution in [0.5, 0.6) is 0 Å². The van der Waals surface area contributed by atoms with E-state index in [9.17, 15) is 4.39 Å². The number of benzene rings is 1. The minimum absolute atomic E-state index is 0.227. The van der Waals surface area contributed by atoms with Crippen LogP contribution in [0.25, 0.3) is 0 Å². The molecule has 122 valence electrons. The first-order chi connectivity index (χ1) is 10.8. The van der Waals surface area contributed by atoms with Gasteiger partial charge >= 0.3 is 0 Å². The second kappa shape index (κ2) is 9.38. The van der Waals surface area contributed by atoms with Gasteiger partial charge in [0.05, 0.1) is 12.7 Å². The summed E-state index contributed by atoms with van der Waals surface area (Å²) in [7, 11) is 1.72. The Morgan fingerprint density at radius 1 is 1.45 bits per heavy atom. The van der Waals surface area contributed by atoms with Crippen molar-refractivity contribution in [3.05, 3.63) is 35.6 Å². The van der Waals surface area contributed by atoms with E-state index in [0.717, 1.165) is 31.6 Å². The van der Waals surface area contributed by atoms with Crippen molar-refractivity contribution in [2.45, 2.75) is 25.5 Å². The highest BCUT2D eigenvalue weighted by Crippen LogP contribution is 2.07. The van der Waals surface area contributed by atoms with Gasteiger partial charge in [0.15, 0.2) is 5.96 Å². The molecule has 0 spiro atoms. The molecule has 5 nitrogen and oxygen atoms in total. The van der Waals surface area contributed by atoms with E-state index in [1.54, 1.807) is 13.1 Å². The van der Waals surface area contributed by atoms with E-state index in [1.165, 1.54) is 12.1 Å². The van der Waals surface area contributed by atoms with Crippen molar-refractivity contribution in [3.8, 4) is 0 Å². The fourth-order valence-corrected chi connectivity index (χ4v) is 2.23. The SMILES string of the molecule is CN=C(NCCCOC1CCOC1)NCc1cccc(F)c1. The van der Waals surface area contributed by atoms with Crippen LogP contribution in [0.4, 0.5) is 4.39 Å². The first-order valence-electron chi connectivity index (χ1n) is 7.66. The smallest absolute Gasteiger partial charge is 0.191 e. The minimum atomic E-state index is -0.227. The van der Waals surface area contributed by atoms with E-state index in [-0.39, 0.29) is 11.9 Å². The summed E-state index contributed by atoms with van der Waals surface area (Å²) in [6.07, 6.45) is 2.15. The molecule has 1 aliphatic rings. The number of nitrogens with one attached hydrogen (secondary N) is 2. The van der Waals surface area contributed by atoms with Crippen LogP contribution in [0.15, 0.2) is 29.3 Å². The summed E-state index contributed by atoms with van der Waals surface area (Å²) >= 11 is 0. The fourth-order valence-electron chi connectivity index (χ4n) is 2.23. The highest BCUT2D eigenvalue weighted by atomic mass is 19.1. The van der Waals surface area contributed by atoms with E-state index in [2.05, 4.69) is 15.6 Å². The normalized spacial score (nSPS) is 18.5. The number of ether oxygens (including phenoxy) is 2. The Bertz CT molecular complexity index is 476. The minimum Gasteiger partial charge on any atom is -0.379 e. The van der Waals surface area contributed by atoms with E-state index < -0.39 is 0 Å². The third-order valence-electron chi connectivity index (χ3n) is 3.43. The molecule has 0 aliphatic carbocycles. The number of halogens is 1. The molecule has 2 N–H and O–H groups in total. The highest BCUT2D eigenvalue weighted by molar-refractivity contribution is 5.79. The Hall–Kier alpha value is -1.66. The van der Waals surface area contributed by atoms with Gasteiger partial charge in [-0.05, 0) is 30.5 Å². The van der Waals surface area contributed by atoms with Crippen molar-refractivity contribution in [2.24, 2.45) is 4.99 Å². The molecular formula is C16H24FN3O2. The zero-order valence-electron chi connectivity index (χ0n) is 13.0. The molecule has 0 saturated carbocycles. The molecule has 1 heterocycles. The van der Waals surface area contributed by atoms with Gasteiger partial charge in [-0.3, -0.25) is 4.99 Å². The molecule has 1 aliphatic heterocycles. The van der Waals surface area contributed by atoms with Crippen molar-refractivity contribution >= 4 is 5.96 Å². The average molecular weight is 309 g/mol. The molecule has 22 heavy (non-hydrogen) atoms. The molecule has 1 aromatic carbocycles. The standard InChI is InChI=1S/C16H24FN3O2/c1-18-16(20-11-13-4-2-5-14(17)10-13)19-7-3-8-22-15-6-9-21-12-15/h2,4-5,10,15H,3,6-9,11-12H2,1H3,(H2,18,19,20). The first kappa shape index (κ1) is 16.7. The fraction of sp³-hybridized carbons (Fsp3) is 0.562. The Kier molecular flexibility index (Phi) is 7.12. The van der Waals surface area contributed by atoms with E-state index >= 15 is 0 Å². The van der Waals surface area contributed by atoms with Crippen molar-refractivity contribution in [2.75, 3.05) is 33.4 Å². The molecule has 0 aromatic heterocycles. The Balaban J connectivity index is 1.58. The van der Waals surface area contributed by atoms with Gasteiger partial charge < -0.3 is 20.1 Å². The van der Waals surface area contributed by atoms with Crippen molar-refractivity contribution in [1.29, 1.82) is 0 Å². The molecule has 2 rings (SSSR count). The van der Waals surface area contributed by atoms with Gasteiger partial charge in [-0.2, -0.15) is 0 Å². The number of aliphatic imine (C=N–C) groups is 1. The van der Waals surface area contributed by atoms with Crippen LogP contribution in [-0.4, -0.2) is 45.5 Å². The lowest BCUT2D eigenvalue weighted by atomic mass is 10.2. The third kappa shape index (κ3) is 5.99. The molecule has 1 unspecified atom stereocenters. The molecule has 1 atom stereocenters. The maximum Gasteiger partial charge on any atom is 0.191 e. The maximum atomic E-state index is 13.1. The van der Waals surface area contributed by atoms with E-state index in [0.29, 0.717) is 25.7 Å². The molecule has 0 radical (unpaired) electrons. The second-order valence-corrected chi connectivity index (χ2v) is 5.19. The van der Waals surface area contributed by atoms with Gasteiger partial charge in [-0.15, -0.1) is 0 Å². The lowest BCUT2D eigenvalue weighted by Crippen LogP contribution is -2.37. The summed E-state index contributed by atoms with van der Waals surface area (Å²) < 4.78 is 24.0. The summed E-state index contributed by atoms with van der Waals surface area (Å²) in [5, 5.41) is 6.37. The third-order valence-corrected chi connectivity index (χ3v) is 3.43. The zero-order valence-corrected chi connectivity index (χ0v) is 13.0. The summed E-state index contributed by atoms with van der Waals surface area (Å²) in [4.78, 5) is 4.14. The van der Waals surface area contributed by atoms with Crippen molar-refractivity contribution in [1.82, 2.24) is 10.6 Å². The summed E-state index contributed by atoms with van der Waals surface area (Å²) in [5.74, 6) is 0.476. The highest BCUT2D eigenvalue weighted by Gasteiger charge is 2.15. The molecular weight excluding hydrogens is 285 g/mol. The molecule has 6 heteroatoms. The van der Waals surface area contributed by atoms with Gasteiger partial charge in [0.25, 0.3) is 0 Å². The molecule has 0 amide bonds. The Morgan fingerprint density at radius 3 is 3.09 bits per heavy atom. The topological polar surface area (TPSA) is 54.9 Å². The monoisotopic (exact) mass is 309 g/mol. The van der Waals surface area contributed by atoms with Crippen LogP contribution >= 0.6 is 0 Å². The molecule has 1 saturated heterocycles. The maximum absolute atomic E-state index is 13.1. The predicted octanol–water partition coefficient (Wildman–Crippen LogP) is 1.69. The molecule has 1 fully saturated rings. The Labute approximate surface area is 130 Å². The lowest BCUT2D eigenvalue weighted by molar-refractivity contribution is 0.0420. The second-order valence-electron chi connectivity index (χ2n) is 5.19. The van der Waals surface area contributed by atoms with Crippen LogP contribution in [0.2, 0.25) is 0 Å². The van der Waals surface area contributed by atoms with Crippen LogP contribution in [0.3, 0.4) is 0 Å². The van der Waals surface area contributed by atoms with Crippen LogP contribution < -0.4 is 10.6 Å². The molecule has 0 bridgehead atoms. The van der Waals surface area contributed by atoms with Gasteiger partial charge in [0.1, 0.15) is 5.82 Å². The van der Waals surface area contributed by atoms with Crippen LogP contribution in [-0.2, 0) is 16.0 Å². The van der Waals surface area contributed by atoms with Crippen LogP contribution in [0, 0.1) is 5.82 Å². The largest absolute Gasteiger partial charge is 0.379 e. The molecule has 1 aromatic rings. The quantitative estimate of drug-likeness (QED) is 0.457. The van der Waals surface area contributed by atoms with Crippen molar-refractivity contribution in [3.63, 3.8) is 0 Å². The van der Waals surface area contributed by atoms with Crippen molar-refractivity contribution < 1.29 is 13.9 Å². The average Bonchev–Trinajstić information content (AvgIpc) is 3.03. The zero-order chi connectivity index (χ0) is 15.6. The number of hydrogen-bond acceptors (Lipinski definition) is 3. The van der Waals surface area contributed by atoms with Gasteiger partial charge in [-0.1, -0.05) is 12.1 Å². The summed E-state index contributed by atoms with van der Waals surface area (Å²) in [6, 6.07) is 6.53. The van der Waals surface area contributed by atoms with Gasteiger partial charge in [0, 0.05) is 33.4 Å². The van der Waals surface area contributed by atoms with E-state index in [4.69, 9.17) is 9.47 Å². The first-order valence-corrected chi connectivity index (χ1v) is 7.66. The van der Waals surface area contributed by atoms with Gasteiger partial charge in [-0.25, -0.2) is 4.39 Å². The lowest BCUT2D eigenvalue weighted by Gasteiger charge is -2.13. The number of guanidine groups is 1.